The van der Waals surface area contributed by atoms with Gasteiger partial charge in [-0.25, -0.2) is 0 Å². The average molecular weight is 353 g/mol. The molecule has 24 heavy (non-hydrogen) atoms. The highest BCUT2D eigenvalue weighted by atomic mass is 32.2. The molecule has 1 fully saturated rings. The number of carbonyl (C=O) groups excluding carboxylic acids is 1. The van der Waals surface area contributed by atoms with Crippen molar-refractivity contribution in [2.45, 2.75) is 45.2 Å². The van der Waals surface area contributed by atoms with Crippen molar-refractivity contribution in [3.63, 3.8) is 0 Å². The summed E-state index contributed by atoms with van der Waals surface area (Å²) in [5.74, 6) is -0.0820. The maximum Gasteiger partial charge on any atom is 0.282 e. The standard InChI is InChI=1S/C17H27N3O3S/c1-15(21)18-12-11-17-10-6-7-13-20(17)24(22,23)19(2)14-16-8-4-3-5-9-16/h3-5,8-9,17H,6-7,10-14H2,1-2H3,(H,18,21). The smallest absolute Gasteiger partial charge is 0.282 e. The summed E-state index contributed by atoms with van der Waals surface area (Å²) >= 11 is 0. The minimum Gasteiger partial charge on any atom is -0.356 e. The van der Waals surface area contributed by atoms with Gasteiger partial charge in [0.25, 0.3) is 10.2 Å². The first-order valence-electron chi connectivity index (χ1n) is 8.42. The fourth-order valence-corrected chi connectivity index (χ4v) is 4.70. The normalized spacial score (nSPS) is 19.4. The summed E-state index contributed by atoms with van der Waals surface area (Å²) in [6.45, 7) is 2.89. The predicted octanol–water partition coefficient (Wildman–Crippen LogP) is 1.74. The number of piperidine rings is 1. The van der Waals surface area contributed by atoms with Crippen LogP contribution in [-0.4, -0.2) is 49.1 Å². The van der Waals surface area contributed by atoms with E-state index < -0.39 is 10.2 Å². The van der Waals surface area contributed by atoms with Crippen LogP contribution in [0.15, 0.2) is 30.3 Å². The van der Waals surface area contributed by atoms with Gasteiger partial charge in [0.2, 0.25) is 5.91 Å². The lowest BCUT2D eigenvalue weighted by Crippen LogP contribution is -2.50. The van der Waals surface area contributed by atoms with Crippen molar-refractivity contribution in [3.05, 3.63) is 35.9 Å². The Morgan fingerprint density at radius 2 is 2.00 bits per heavy atom. The van der Waals surface area contributed by atoms with Gasteiger partial charge in [0, 0.05) is 39.6 Å². The molecule has 0 radical (unpaired) electrons. The molecule has 0 saturated carbocycles. The van der Waals surface area contributed by atoms with Crippen LogP contribution in [0.2, 0.25) is 0 Å². The van der Waals surface area contributed by atoms with Crippen LogP contribution in [0.4, 0.5) is 0 Å². The van der Waals surface area contributed by atoms with E-state index in [1.807, 2.05) is 30.3 Å². The molecule has 0 spiro atoms. The zero-order valence-corrected chi connectivity index (χ0v) is 15.3. The molecule has 1 aliphatic rings. The molecule has 1 aliphatic heterocycles. The van der Waals surface area contributed by atoms with E-state index in [0.29, 0.717) is 26.1 Å². The topological polar surface area (TPSA) is 69.7 Å². The Morgan fingerprint density at radius 1 is 1.29 bits per heavy atom. The molecule has 6 nitrogen and oxygen atoms in total. The molecule has 1 unspecified atom stereocenters. The van der Waals surface area contributed by atoms with E-state index >= 15 is 0 Å². The van der Waals surface area contributed by atoms with Gasteiger partial charge in [-0.2, -0.15) is 17.0 Å². The van der Waals surface area contributed by atoms with Crippen molar-refractivity contribution in [1.82, 2.24) is 13.9 Å². The van der Waals surface area contributed by atoms with Gasteiger partial charge in [0.05, 0.1) is 0 Å². The zero-order valence-electron chi connectivity index (χ0n) is 14.4. The van der Waals surface area contributed by atoms with E-state index in [0.717, 1.165) is 24.8 Å². The van der Waals surface area contributed by atoms with Gasteiger partial charge in [-0.1, -0.05) is 36.8 Å². The third-order valence-corrected chi connectivity index (χ3v) is 6.35. The molecule has 0 aliphatic carbocycles. The van der Waals surface area contributed by atoms with Gasteiger partial charge in [-0.15, -0.1) is 0 Å². The quantitative estimate of drug-likeness (QED) is 0.812. The Hall–Kier alpha value is -1.44. The molecule has 7 heteroatoms. The maximum absolute atomic E-state index is 13.0. The van der Waals surface area contributed by atoms with Crippen LogP contribution in [-0.2, 0) is 21.5 Å². The lowest BCUT2D eigenvalue weighted by atomic mass is 10.0. The van der Waals surface area contributed by atoms with Gasteiger partial charge in [-0.05, 0) is 24.8 Å². The minimum atomic E-state index is -3.51. The molecule has 1 aromatic carbocycles. The number of carbonyl (C=O) groups is 1. The van der Waals surface area contributed by atoms with Crippen LogP contribution >= 0.6 is 0 Å². The molecule has 1 atom stereocenters. The second-order valence-electron chi connectivity index (χ2n) is 6.28. The fourth-order valence-electron chi connectivity index (χ4n) is 3.08. The number of rotatable bonds is 7. The second-order valence-corrected chi connectivity index (χ2v) is 8.27. The second kappa shape index (κ2) is 8.60. The van der Waals surface area contributed by atoms with Gasteiger partial charge in [-0.3, -0.25) is 4.79 Å². The number of nitrogens with zero attached hydrogens (tertiary/aromatic N) is 2. The van der Waals surface area contributed by atoms with Crippen LogP contribution < -0.4 is 5.32 Å². The van der Waals surface area contributed by atoms with Gasteiger partial charge in [0.15, 0.2) is 0 Å². The molecule has 134 valence electrons. The summed E-state index contributed by atoms with van der Waals surface area (Å²) in [6.07, 6.45) is 3.41. The number of hydrogen-bond acceptors (Lipinski definition) is 3. The third-order valence-electron chi connectivity index (χ3n) is 4.36. The summed E-state index contributed by atoms with van der Waals surface area (Å²) in [5, 5.41) is 2.76. The lowest BCUT2D eigenvalue weighted by molar-refractivity contribution is -0.119. The van der Waals surface area contributed by atoms with Crippen molar-refractivity contribution < 1.29 is 13.2 Å². The summed E-state index contributed by atoms with van der Waals surface area (Å²) < 4.78 is 29.0. The van der Waals surface area contributed by atoms with E-state index in [2.05, 4.69) is 5.32 Å². The molecule has 2 rings (SSSR count). The van der Waals surface area contributed by atoms with Crippen LogP contribution in [0.1, 0.15) is 38.2 Å². The lowest BCUT2D eigenvalue weighted by Gasteiger charge is -2.37. The zero-order chi connectivity index (χ0) is 17.6. The van der Waals surface area contributed by atoms with Crippen LogP contribution in [0, 0.1) is 0 Å². The number of amides is 1. The number of nitrogens with one attached hydrogen (secondary N) is 1. The van der Waals surface area contributed by atoms with Crippen molar-refractivity contribution in [2.24, 2.45) is 0 Å². The maximum atomic E-state index is 13.0. The molecule has 1 N–H and O–H groups in total. The fraction of sp³-hybridized carbons (Fsp3) is 0.588. The number of hydrogen-bond donors (Lipinski definition) is 1. The molecule has 1 heterocycles. The summed E-state index contributed by atoms with van der Waals surface area (Å²) in [6, 6.07) is 9.54. The average Bonchev–Trinajstić information content (AvgIpc) is 2.55. The molecule has 1 aromatic rings. The molecular weight excluding hydrogens is 326 g/mol. The minimum absolute atomic E-state index is 0.0474. The Morgan fingerprint density at radius 3 is 2.67 bits per heavy atom. The number of benzene rings is 1. The summed E-state index contributed by atoms with van der Waals surface area (Å²) in [7, 11) is -1.88. The molecule has 1 saturated heterocycles. The Balaban J connectivity index is 2.04. The van der Waals surface area contributed by atoms with Crippen molar-refractivity contribution in [2.75, 3.05) is 20.1 Å². The van der Waals surface area contributed by atoms with Gasteiger partial charge < -0.3 is 5.32 Å². The van der Waals surface area contributed by atoms with Crippen molar-refractivity contribution >= 4 is 16.1 Å². The van der Waals surface area contributed by atoms with E-state index in [1.165, 1.54) is 11.2 Å². The SMILES string of the molecule is CC(=O)NCCC1CCCCN1S(=O)(=O)N(C)Cc1ccccc1. The van der Waals surface area contributed by atoms with E-state index in [1.54, 1.807) is 11.4 Å². The van der Waals surface area contributed by atoms with Gasteiger partial charge in [0.1, 0.15) is 0 Å². The highest BCUT2D eigenvalue weighted by molar-refractivity contribution is 7.86. The van der Waals surface area contributed by atoms with Crippen molar-refractivity contribution in [3.8, 4) is 0 Å². The Bertz CT molecular complexity index is 634. The molecule has 1 amide bonds. The highest BCUT2D eigenvalue weighted by Gasteiger charge is 2.34. The first-order chi connectivity index (χ1) is 11.4. The first kappa shape index (κ1) is 18.9. The molecule has 0 bridgehead atoms. The summed E-state index contributed by atoms with van der Waals surface area (Å²) in [5.41, 5.74) is 0.968. The largest absolute Gasteiger partial charge is 0.356 e. The van der Waals surface area contributed by atoms with Gasteiger partial charge >= 0.3 is 0 Å². The highest BCUT2D eigenvalue weighted by Crippen LogP contribution is 2.24. The Kier molecular flexibility index (Phi) is 6.77. The van der Waals surface area contributed by atoms with Crippen LogP contribution in [0.3, 0.4) is 0 Å². The predicted molar refractivity (Wildman–Crippen MR) is 94.5 cm³/mol. The molecule has 0 aromatic heterocycles. The van der Waals surface area contributed by atoms with E-state index in [4.69, 9.17) is 0 Å². The van der Waals surface area contributed by atoms with E-state index in [9.17, 15) is 13.2 Å². The third kappa shape index (κ3) is 5.03. The summed E-state index contributed by atoms with van der Waals surface area (Å²) in [4.78, 5) is 11.0. The van der Waals surface area contributed by atoms with Crippen LogP contribution in [0.5, 0.6) is 0 Å². The van der Waals surface area contributed by atoms with Crippen molar-refractivity contribution in [1.29, 1.82) is 0 Å². The van der Waals surface area contributed by atoms with E-state index in [-0.39, 0.29) is 11.9 Å². The monoisotopic (exact) mass is 353 g/mol. The molecular formula is C17H27N3O3S. The Labute approximate surface area is 145 Å². The van der Waals surface area contributed by atoms with Crippen LogP contribution in [0.25, 0.3) is 0 Å². The first-order valence-corrected chi connectivity index (χ1v) is 9.82.